The van der Waals surface area contributed by atoms with E-state index in [1.165, 1.54) is 24.8 Å². The summed E-state index contributed by atoms with van der Waals surface area (Å²) in [6.07, 6.45) is 8.03. The van der Waals surface area contributed by atoms with Gasteiger partial charge in [-0.15, -0.1) is 0 Å². The Labute approximate surface area is 211 Å². The Morgan fingerprint density at radius 3 is 2.31 bits per heavy atom. The van der Waals surface area contributed by atoms with E-state index in [4.69, 9.17) is 11.5 Å². The first-order chi connectivity index (χ1) is 17.2. The van der Waals surface area contributed by atoms with Gasteiger partial charge in [-0.2, -0.15) is 0 Å². The third-order valence-electron chi connectivity index (χ3n) is 5.73. The number of hydrogen-bond donors (Lipinski definition) is 3. The molecule has 5 N–H and O–H groups in total. The van der Waals surface area contributed by atoms with E-state index in [1.807, 2.05) is 24.0 Å². The van der Waals surface area contributed by atoms with Gasteiger partial charge >= 0.3 is 11.8 Å². The van der Waals surface area contributed by atoms with Gasteiger partial charge in [0.2, 0.25) is 6.41 Å². The van der Waals surface area contributed by atoms with Gasteiger partial charge in [0.15, 0.2) is 0 Å². The number of piperidine rings is 1. The number of anilines is 1. The first-order valence-electron chi connectivity index (χ1n) is 12.0. The molecule has 11 nitrogen and oxygen atoms in total. The topological polar surface area (TPSA) is 165 Å². The molecule has 1 saturated heterocycles. The molecule has 4 heterocycles. The zero-order valence-electron chi connectivity index (χ0n) is 20.9. The Bertz CT molecular complexity index is 1040. The Kier molecular flexibility index (Phi) is 11.4. The van der Waals surface area contributed by atoms with Crippen molar-refractivity contribution < 1.29 is 19.2 Å². The molecule has 0 atom stereocenters. The number of likely N-dealkylation sites (N-methyl/N-ethyl adjacent to an activating group) is 1. The van der Waals surface area contributed by atoms with E-state index in [0.717, 1.165) is 56.7 Å². The van der Waals surface area contributed by atoms with E-state index < -0.39 is 17.7 Å². The number of carbonyl (C=O) groups excluding carboxylic acids is 4. The molecule has 4 amide bonds. The molecule has 2 aromatic rings. The van der Waals surface area contributed by atoms with E-state index in [0.29, 0.717) is 11.5 Å². The molecule has 0 unspecified atom stereocenters. The van der Waals surface area contributed by atoms with E-state index in [9.17, 15) is 19.2 Å². The minimum absolute atomic E-state index is 0.325. The van der Waals surface area contributed by atoms with Crippen LogP contribution in [-0.4, -0.2) is 70.6 Å². The van der Waals surface area contributed by atoms with Crippen LogP contribution >= 0.6 is 0 Å². The number of amides is 4. The summed E-state index contributed by atoms with van der Waals surface area (Å²) >= 11 is 0. The van der Waals surface area contributed by atoms with Crippen molar-refractivity contribution in [2.24, 2.45) is 11.5 Å². The molecule has 0 spiro atoms. The van der Waals surface area contributed by atoms with Crippen molar-refractivity contribution in [3.63, 3.8) is 0 Å². The molecule has 194 valence electrons. The number of fused-ring (bicyclic) bond motifs is 1. The van der Waals surface area contributed by atoms with Crippen LogP contribution in [0.4, 0.5) is 5.82 Å². The number of rotatable bonds is 4. The highest BCUT2D eigenvalue weighted by molar-refractivity contribution is 6.38. The molecule has 2 aliphatic heterocycles. The normalized spacial score (nSPS) is 14.7. The Morgan fingerprint density at radius 1 is 1.06 bits per heavy atom. The van der Waals surface area contributed by atoms with Crippen LogP contribution in [0.3, 0.4) is 0 Å². The maximum atomic E-state index is 10.9. The highest BCUT2D eigenvalue weighted by Gasteiger charge is 2.15. The fourth-order valence-corrected chi connectivity index (χ4v) is 3.60. The van der Waals surface area contributed by atoms with Crippen LogP contribution in [0.25, 0.3) is 0 Å². The smallest absolute Gasteiger partial charge is 0.314 e. The number of carbonyl (C=O) groups is 4. The second kappa shape index (κ2) is 14.5. The van der Waals surface area contributed by atoms with Gasteiger partial charge in [0.1, 0.15) is 11.5 Å². The van der Waals surface area contributed by atoms with E-state index in [2.05, 4.69) is 27.2 Å². The first kappa shape index (κ1) is 28.4. The molecule has 0 aliphatic carbocycles. The largest absolute Gasteiger partial charge is 0.364 e. The second-order valence-electron chi connectivity index (χ2n) is 8.58. The van der Waals surface area contributed by atoms with Crippen LogP contribution in [0.15, 0.2) is 30.5 Å². The molecule has 0 radical (unpaired) electrons. The molecule has 0 bridgehead atoms. The summed E-state index contributed by atoms with van der Waals surface area (Å²) in [6, 6.07) is 7.09. The molecule has 0 aromatic carbocycles. The number of primary amides is 2. The highest BCUT2D eigenvalue weighted by atomic mass is 16.2. The minimum Gasteiger partial charge on any atom is -0.364 e. The number of aryl methyl sites for hydroxylation is 1. The van der Waals surface area contributed by atoms with Crippen molar-refractivity contribution in [3.8, 4) is 0 Å². The predicted octanol–water partition coefficient (Wildman–Crippen LogP) is 0.865. The summed E-state index contributed by atoms with van der Waals surface area (Å²) in [5.74, 6) is -2.01. The van der Waals surface area contributed by atoms with Crippen LogP contribution in [0, 0.1) is 0 Å². The van der Waals surface area contributed by atoms with Gasteiger partial charge in [0.25, 0.3) is 5.91 Å². The fourth-order valence-electron chi connectivity index (χ4n) is 3.60. The maximum Gasteiger partial charge on any atom is 0.314 e. The lowest BCUT2D eigenvalue weighted by atomic mass is 10.1. The van der Waals surface area contributed by atoms with Crippen molar-refractivity contribution in [2.45, 2.75) is 45.6 Å². The first-order valence-corrected chi connectivity index (χ1v) is 12.0. The number of likely N-dealkylation sites (tertiary alicyclic amines) is 1. The summed E-state index contributed by atoms with van der Waals surface area (Å²) in [5, 5.41) is 2.27. The third-order valence-corrected chi connectivity index (χ3v) is 5.73. The quantitative estimate of drug-likeness (QED) is 0.416. The average molecular weight is 498 g/mol. The van der Waals surface area contributed by atoms with Crippen LogP contribution in [0.2, 0.25) is 0 Å². The van der Waals surface area contributed by atoms with E-state index in [1.54, 1.807) is 18.3 Å². The number of aromatic nitrogens is 2. The van der Waals surface area contributed by atoms with Crippen LogP contribution in [-0.2, 0) is 33.8 Å². The lowest BCUT2D eigenvalue weighted by Crippen LogP contribution is -2.29. The SMILES string of the molecule is CCc1ccc(NC(=O)C(N)=O)nc1.CN1CCc2nc(C(N)=O)ccc2C1.O=CN1CCCCC1. The Morgan fingerprint density at radius 2 is 1.78 bits per heavy atom. The molecule has 0 saturated carbocycles. The van der Waals surface area contributed by atoms with Crippen molar-refractivity contribution >= 4 is 29.9 Å². The summed E-state index contributed by atoms with van der Waals surface area (Å²) in [7, 11) is 2.07. The molecule has 2 aliphatic rings. The minimum atomic E-state index is -1.02. The van der Waals surface area contributed by atoms with Gasteiger partial charge < -0.3 is 26.6 Å². The summed E-state index contributed by atoms with van der Waals surface area (Å²) in [4.78, 5) is 54.5. The van der Waals surface area contributed by atoms with Crippen LogP contribution in [0.5, 0.6) is 0 Å². The second-order valence-corrected chi connectivity index (χ2v) is 8.58. The van der Waals surface area contributed by atoms with Crippen molar-refractivity contribution in [1.29, 1.82) is 0 Å². The molecule has 2 aromatic heterocycles. The van der Waals surface area contributed by atoms with Crippen molar-refractivity contribution in [2.75, 3.05) is 32.0 Å². The average Bonchev–Trinajstić information content (AvgIpc) is 2.90. The van der Waals surface area contributed by atoms with Gasteiger partial charge in [-0.05, 0) is 56.0 Å². The van der Waals surface area contributed by atoms with Gasteiger partial charge in [-0.3, -0.25) is 19.2 Å². The number of nitrogens with two attached hydrogens (primary N) is 2. The molecule has 11 heteroatoms. The molecule has 4 rings (SSSR count). The van der Waals surface area contributed by atoms with E-state index in [-0.39, 0.29) is 0 Å². The number of nitrogens with one attached hydrogen (secondary N) is 1. The summed E-state index contributed by atoms with van der Waals surface area (Å²) in [5.41, 5.74) is 13.6. The number of pyridine rings is 2. The standard InChI is InChI=1S/C10H13N3O.C9H11N3O2.C6H11NO/c1-13-5-4-8-7(6-13)2-3-9(12-8)10(11)14;1-2-6-3-4-7(11-5-6)12-9(14)8(10)13;8-6-7-4-2-1-3-5-7/h2-3H,4-6H2,1H3,(H2,11,14);3-5H,2H2,1H3,(H2,10,13)(H,11,12,14);6H,1-5H2. The zero-order chi connectivity index (χ0) is 26.5. The fraction of sp³-hybridized carbons (Fsp3) is 0.440. The summed E-state index contributed by atoms with van der Waals surface area (Å²) in [6.45, 7) is 5.84. The zero-order valence-corrected chi connectivity index (χ0v) is 20.9. The van der Waals surface area contributed by atoms with Crippen LogP contribution < -0.4 is 16.8 Å². The Hall–Kier alpha value is -3.86. The number of hydrogen-bond acceptors (Lipinski definition) is 7. The van der Waals surface area contributed by atoms with E-state index >= 15 is 0 Å². The van der Waals surface area contributed by atoms with Crippen molar-refractivity contribution in [1.82, 2.24) is 19.8 Å². The monoisotopic (exact) mass is 497 g/mol. The molecule has 36 heavy (non-hydrogen) atoms. The Balaban J connectivity index is 0.000000198. The predicted molar refractivity (Wildman–Crippen MR) is 136 cm³/mol. The highest BCUT2D eigenvalue weighted by Crippen LogP contribution is 2.16. The molecular formula is C25H35N7O4. The number of nitrogens with zero attached hydrogens (tertiary/aromatic N) is 4. The molecule has 1 fully saturated rings. The van der Waals surface area contributed by atoms with Gasteiger partial charge in [0.05, 0.1) is 0 Å². The molecular weight excluding hydrogens is 462 g/mol. The van der Waals surface area contributed by atoms with Crippen molar-refractivity contribution in [3.05, 3.63) is 53.0 Å². The maximum absolute atomic E-state index is 10.9. The summed E-state index contributed by atoms with van der Waals surface area (Å²) < 4.78 is 0. The third kappa shape index (κ3) is 9.41. The lowest BCUT2D eigenvalue weighted by molar-refractivity contribution is -0.134. The van der Waals surface area contributed by atoms with Crippen LogP contribution in [0.1, 0.15) is 53.5 Å². The van der Waals surface area contributed by atoms with Gasteiger partial charge in [0, 0.05) is 44.5 Å². The van der Waals surface area contributed by atoms with Gasteiger partial charge in [-0.25, -0.2) is 9.97 Å². The lowest BCUT2D eigenvalue weighted by Gasteiger charge is -2.24. The van der Waals surface area contributed by atoms with Gasteiger partial charge in [-0.1, -0.05) is 19.1 Å².